The highest BCUT2D eigenvalue weighted by Crippen LogP contribution is 2.55. The lowest BCUT2D eigenvalue weighted by molar-refractivity contribution is -0.0206. The first-order valence-corrected chi connectivity index (χ1v) is 8.92. The van der Waals surface area contributed by atoms with Gasteiger partial charge in [-0.2, -0.15) is 0 Å². The quantitative estimate of drug-likeness (QED) is 0.926. The molecule has 0 amide bonds. The van der Waals surface area contributed by atoms with Crippen LogP contribution in [0.25, 0.3) is 0 Å². The lowest BCUT2D eigenvalue weighted by atomic mass is 9.53. The highest BCUT2D eigenvalue weighted by molar-refractivity contribution is 5.43. The highest BCUT2D eigenvalue weighted by Gasteiger charge is 2.50. The Labute approximate surface area is 132 Å². The molecule has 22 heavy (non-hydrogen) atoms. The second-order valence-corrected chi connectivity index (χ2v) is 8.03. The van der Waals surface area contributed by atoms with Crippen LogP contribution in [0.3, 0.4) is 0 Å². The molecule has 4 aliphatic carbocycles. The van der Waals surface area contributed by atoms with Crippen LogP contribution in [0.5, 0.6) is 11.5 Å². The maximum atomic E-state index is 5.71. The van der Waals surface area contributed by atoms with E-state index < -0.39 is 0 Å². The minimum atomic E-state index is 0.433. The van der Waals surface area contributed by atoms with Crippen molar-refractivity contribution in [2.45, 2.75) is 50.6 Å². The van der Waals surface area contributed by atoms with Gasteiger partial charge in [-0.05, 0) is 74.0 Å². The van der Waals surface area contributed by atoms with E-state index in [-0.39, 0.29) is 0 Å². The number of hydrogen-bond donors (Lipinski definition) is 1. The zero-order chi connectivity index (χ0) is 14.6. The van der Waals surface area contributed by atoms with Gasteiger partial charge in [-0.3, -0.25) is 0 Å². The molecule has 0 saturated heterocycles. The van der Waals surface area contributed by atoms with Crippen molar-refractivity contribution in [3.63, 3.8) is 0 Å². The van der Waals surface area contributed by atoms with Gasteiger partial charge in [-0.25, -0.2) is 0 Å². The summed E-state index contributed by atoms with van der Waals surface area (Å²) < 4.78 is 11.3. The van der Waals surface area contributed by atoms with Gasteiger partial charge in [0.2, 0.25) is 0 Å². The Balaban J connectivity index is 1.31. The summed E-state index contributed by atoms with van der Waals surface area (Å²) in [4.78, 5) is 0. The fourth-order valence-electron chi connectivity index (χ4n) is 5.81. The smallest absolute Gasteiger partial charge is 0.161 e. The Bertz CT molecular complexity index is 548. The third-order valence-electron chi connectivity index (χ3n) is 6.31. The van der Waals surface area contributed by atoms with Gasteiger partial charge >= 0.3 is 0 Å². The SMILES string of the molecule is c1cc2c(cc1CNC13CC4CC(CC(C4)C1)C3)OCCO2. The van der Waals surface area contributed by atoms with Crippen LogP contribution in [0.4, 0.5) is 0 Å². The summed E-state index contributed by atoms with van der Waals surface area (Å²) >= 11 is 0. The molecular weight excluding hydrogens is 274 g/mol. The molecule has 0 unspecified atom stereocenters. The molecule has 4 saturated carbocycles. The van der Waals surface area contributed by atoms with E-state index in [4.69, 9.17) is 9.47 Å². The van der Waals surface area contributed by atoms with Gasteiger partial charge in [0.15, 0.2) is 11.5 Å². The summed E-state index contributed by atoms with van der Waals surface area (Å²) in [5, 5.41) is 3.95. The van der Waals surface area contributed by atoms with Crippen molar-refractivity contribution in [1.29, 1.82) is 0 Å². The number of nitrogens with one attached hydrogen (secondary N) is 1. The predicted molar refractivity (Wildman–Crippen MR) is 85.2 cm³/mol. The Kier molecular flexibility index (Phi) is 2.94. The molecule has 3 nitrogen and oxygen atoms in total. The summed E-state index contributed by atoms with van der Waals surface area (Å²) in [6.07, 6.45) is 8.73. The average Bonchev–Trinajstić information content (AvgIpc) is 2.52. The van der Waals surface area contributed by atoms with Gasteiger partial charge in [-0.15, -0.1) is 0 Å². The second-order valence-electron chi connectivity index (χ2n) is 8.03. The molecule has 1 aromatic rings. The molecule has 4 fully saturated rings. The monoisotopic (exact) mass is 299 g/mol. The first-order chi connectivity index (χ1) is 10.8. The van der Waals surface area contributed by atoms with E-state index in [1.807, 2.05) is 0 Å². The van der Waals surface area contributed by atoms with Gasteiger partial charge < -0.3 is 14.8 Å². The van der Waals surface area contributed by atoms with E-state index in [0.29, 0.717) is 18.8 Å². The number of fused-ring (bicyclic) bond motifs is 1. The minimum Gasteiger partial charge on any atom is -0.486 e. The zero-order valence-electron chi connectivity index (χ0n) is 13.1. The molecule has 6 rings (SSSR count). The molecule has 0 spiro atoms. The molecule has 3 heteroatoms. The highest BCUT2D eigenvalue weighted by atomic mass is 16.6. The topological polar surface area (TPSA) is 30.5 Å². The van der Waals surface area contributed by atoms with E-state index >= 15 is 0 Å². The second kappa shape index (κ2) is 4.89. The van der Waals surface area contributed by atoms with Crippen molar-refractivity contribution < 1.29 is 9.47 Å². The van der Waals surface area contributed by atoms with Crippen LogP contribution in [0.15, 0.2) is 18.2 Å². The summed E-state index contributed by atoms with van der Waals surface area (Å²) in [7, 11) is 0. The molecule has 0 radical (unpaired) electrons. The molecule has 0 aromatic heterocycles. The summed E-state index contributed by atoms with van der Waals surface area (Å²) in [6.45, 7) is 2.29. The average molecular weight is 299 g/mol. The third kappa shape index (κ3) is 2.21. The molecule has 1 aliphatic heterocycles. The van der Waals surface area contributed by atoms with Gasteiger partial charge in [-0.1, -0.05) is 6.07 Å². The van der Waals surface area contributed by atoms with Crippen molar-refractivity contribution in [3.8, 4) is 11.5 Å². The van der Waals surface area contributed by atoms with Gasteiger partial charge in [0, 0.05) is 12.1 Å². The predicted octanol–water partition coefficient (Wildman–Crippen LogP) is 3.52. The van der Waals surface area contributed by atoms with Crippen molar-refractivity contribution >= 4 is 0 Å². The molecule has 0 atom stereocenters. The minimum absolute atomic E-state index is 0.433. The lowest BCUT2D eigenvalue weighted by Crippen LogP contribution is -2.58. The van der Waals surface area contributed by atoms with E-state index in [1.165, 1.54) is 44.1 Å². The van der Waals surface area contributed by atoms with Gasteiger partial charge in [0.05, 0.1) is 0 Å². The maximum Gasteiger partial charge on any atom is 0.161 e. The Morgan fingerprint density at radius 2 is 1.55 bits per heavy atom. The molecule has 5 aliphatic rings. The Morgan fingerprint density at radius 1 is 0.909 bits per heavy atom. The number of ether oxygens (including phenoxy) is 2. The Hall–Kier alpha value is -1.22. The van der Waals surface area contributed by atoms with Crippen LogP contribution in [0.1, 0.15) is 44.1 Å². The van der Waals surface area contributed by atoms with Crippen LogP contribution in [-0.2, 0) is 6.54 Å². The number of benzene rings is 1. The molecular formula is C19H25NO2. The van der Waals surface area contributed by atoms with Crippen LogP contribution in [-0.4, -0.2) is 18.8 Å². The molecule has 1 N–H and O–H groups in total. The van der Waals surface area contributed by atoms with E-state index in [0.717, 1.165) is 35.8 Å². The van der Waals surface area contributed by atoms with Crippen LogP contribution < -0.4 is 14.8 Å². The number of hydrogen-bond acceptors (Lipinski definition) is 3. The lowest BCUT2D eigenvalue weighted by Gasteiger charge is -2.57. The van der Waals surface area contributed by atoms with E-state index in [1.54, 1.807) is 0 Å². The fraction of sp³-hybridized carbons (Fsp3) is 0.684. The fourth-order valence-corrected chi connectivity index (χ4v) is 5.81. The largest absolute Gasteiger partial charge is 0.486 e. The molecule has 1 aromatic carbocycles. The van der Waals surface area contributed by atoms with Crippen LogP contribution >= 0.6 is 0 Å². The van der Waals surface area contributed by atoms with Crippen molar-refractivity contribution in [3.05, 3.63) is 23.8 Å². The normalized spacial score (nSPS) is 38.3. The standard InChI is InChI=1S/C19H25NO2/c1-2-17-18(22-4-3-21-17)8-13(1)12-20-19-9-14-5-15(10-19)7-16(6-14)11-19/h1-2,8,14-16,20H,3-7,9-12H2. The number of rotatable bonds is 3. The van der Waals surface area contributed by atoms with Crippen molar-refractivity contribution in [1.82, 2.24) is 5.32 Å². The van der Waals surface area contributed by atoms with Crippen molar-refractivity contribution in [2.75, 3.05) is 13.2 Å². The van der Waals surface area contributed by atoms with Crippen LogP contribution in [0.2, 0.25) is 0 Å². The molecule has 1 heterocycles. The first-order valence-electron chi connectivity index (χ1n) is 8.92. The first kappa shape index (κ1) is 13.2. The summed E-state index contributed by atoms with van der Waals surface area (Å²) in [6, 6.07) is 6.40. The van der Waals surface area contributed by atoms with Crippen LogP contribution in [0, 0.1) is 17.8 Å². The molecule has 118 valence electrons. The molecule has 4 bridgehead atoms. The van der Waals surface area contributed by atoms with Crippen molar-refractivity contribution in [2.24, 2.45) is 17.8 Å². The Morgan fingerprint density at radius 3 is 2.23 bits per heavy atom. The maximum absolute atomic E-state index is 5.71. The summed E-state index contributed by atoms with van der Waals surface area (Å²) in [5.41, 5.74) is 1.75. The van der Waals surface area contributed by atoms with E-state index in [9.17, 15) is 0 Å². The summed E-state index contributed by atoms with van der Waals surface area (Å²) in [5.74, 6) is 4.80. The third-order valence-corrected chi connectivity index (χ3v) is 6.31. The van der Waals surface area contributed by atoms with Gasteiger partial charge in [0.25, 0.3) is 0 Å². The van der Waals surface area contributed by atoms with E-state index in [2.05, 4.69) is 23.5 Å². The zero-order valence-corrected chi connectivity index (χ0v) is 13.1. The van der Waals surface area contributed by atoms with Gasteiger partial charge in [0.1, 0.15) is 13.2 Å².